The summed E-state index contributed by atoms with van der Waals surface area (Å²) in [5.74, 6) is 1.71. The van der Waals surface area contributed by atoms with E-state index < -0.39 is 0 Å². The Balaban J connectivity index is 1.97. The number of benzene rings is 3. The summed E-state index contributed by atoms with van der Waals surface area (Å²) in [5.41, 5.74) is 2.10. The maximum absolute atomic E-state index is 13.3. The van der Waals surface area contributed by atoms with E-state index in [0.29, 0.717) is 39.8 Å². The predicted molar refractivity (Wildman–Crippen MR) is 115 cm³/mol. The maximum Gasteiger partial charge on any atom is 0.261 e. The molecule has 0 atom stereocenters. The molecule has 5 nitrogen and oxygen atoms in total. The van der Waals surface area contributed by atoms with Gasteiger partial charge in [0.2, 0.25) is 0 Å². The lowest BCUT2D eigenvalue weighted by molar-refractivity contribution is 0.355. The Morgan fingerprint density at radius 2 is 1.66 bits per heavy atom. The summed E-state index contributed by atoms with van der Waals surface area (Å²) in [6.45, 7) is 0.306. The molecule has 0 fully saturated rings. The second-order valence-corrected chi connectivity index (χ2v) is 6.91. The van der Waals surface area contributed by atoms with Crippen LogP contribution in [0.5, 0.6) is 11.5 Å². The molecule has 4 aromatic rings. The first-order valence-corrected chi connectivity index (χ1v) is 9.45. The molecule has 0 saturated heterocycles. The maximum atomic E-state index is 13.3. The van der Waals surface area contributed by atoms with Crippen LogP contribution in [0.15, 0.2) is 71.5 Å². The molecule has 1 heterocycles. The molecule has 4 rings (SSSR count). The van der Waals surface area contributed by atoms with Crippen LogP contribution in [0.1, 0.15) is 5.56 Å². The van der Waals surface area contributed by atoms with Crippen molar-refractivity contribution < 1.29 is 9.47 Å². The van der Waals surface area contributed by atoms with Crippen molar-refractivity contribution in [3.63, 3.8) is 0 Å². The number of fused-ring (bicyclic) bond motifs is 1. The summed E-state index contributed by atoms with van der Waals surface area (Å²) >= 11 is 6.36. The Labute approximate surface area is 173 Å². The minimum atomic E-state index is -0.125. The summed E-state index contributed by atoms with van der Waals surface area (Å²) in [6, 6.07) is 20.3. The fourth-order valence-electron chi connectivity index (χ4n) is 3.31. The van der Waals surface area contributed by atoms with Gasteiger partial charge < -0.3 is 9.47 Å². The molecule has 0 aliphatic rings. The van der Waals surface area contributed by atoms with E-state index in [-0.39, 0.29) is 5.56 Å². The molecule has 0 amide bonds. The largest absolute Gasteiger partial charge is 0.493 e. The van der Waals surface area contributed by atoms with E-state index in [1.54, 1.807) is 30.9 Å². The first-order valence-electron chi connectivity index (χ1n) is 9.07. The van der Waals surface area contributed by atoms with Crippen molar-refractivity contribution in [1.29, 1.82) is 0 Å². The number of ether oxygens (including phenoxy) is 2. The van der Waals surface area contributed by atoms with E-state index in [4.69, 9.17) is 26.1 Å². The molecule has 0 aliphatic carbocycles. The molecule has 146 valence electrons. The van der Waals surface area contributed by atoms with E-state index in [1.165, 1.54) is 0 Å². The number of hydrogen-bond acceptors (Lipinski definition) is 4. The lowest BCUT2D eigenvalue weighted by atomic mass is 10.1. The minimum Gasteiger partial charge on any atom is -0.493 e. The van der Waals surface area contributed by atoms with Crippen LogP contribution in [0.25, 0.3) is 22.3 Å². The summed E-state index contributed by atoms with van der Waals surface area (Å²) < 4.78 is 12.4. The molecule has 1 aromatic heterocycles. The first kappa shape index (κ1) is 19.0. The SMILES string of the molecule is COc1ccc(-c2nc3ccccc3c(=O)n2Cc2ccccc2Cl)cc1OC. The standard InChI is InChI=1S/C23H19ClN2O3/c1-28-20-12-11-15(13-21(20)29-2)22-25-19-10-6-4-8-17(19)23(27)26(22)14-16-7-3-5-9-18(16)24/h3-13H,14H2,1-2H3. The molecule has 29 heavy (non-hydrogen) atoms. The molecular weight excluding hydrogens is 388 g/mol. The zero-order chi connectivity index (χ0) is 20.4. The van der Waals surface area contributed by atoms with Crippen molar-refractivity contribution in [2.45, 2.75) is 6.54 Å². The number of hydrogen-bond donors (Lipinski definition) is 0. The third-order valence-corrected chi connectivity index (χ3v) is 5.16. The van der Waals surface area contributed by atoms with Gasteiger partial charge in [0.15, 0.2) is 11.5 Å². The van der Waals surface area contributed by atoms with Gasteiger partial charge in [0, 0.05) is 10.6 Å². The summed E-state index contributed by atoms with van der Waals surface area (Å²) in [4.78, 5) is 18.1. The molecule has 6 heteroatoms. The molecule has 0 spiro atoms. The van der Waals surface area contributed by atoms with Gasteiger partial charge in [0.25, 0.3) is 5.56 Å². The Bertz CT molecular complexity index is 1250. The average Bonchev–Trinajstić information content (AvgIpc) is 2.76. The van der Waals surface area contributed by atoms with Crippen LogP contribution < -0.4 is 15.0 Å². The van der Waals surface area contributed by atoms with Crippen molar-refractivity contribution in [3.8, 4) is 22.9 Å². The first-order chi connectivity index (χ1) is 14.1. The number of rotatable bonds is 5. The van der Waals surface area contributed by atoms with Crippen molar-refractivity contribution >= 4 is 22.5 Å². The van der Waals surface area contributed by atoms with Crippen molar-refractivity contribution in [2.24, 2.45) is 0 Å². The summed E-state index contributed by atoms with van der Waals surface area (Å²) in [6.07, 6.45) is 0. The zero-order valence-corrected chi connectivity index (χ0v) is 16.8. The van der Waals surface area contributed by atoms with E-state index >= 15 is 0 Å². The van der Waals surface area contributed by atoms with Crippen LogP contribution in [0.3, 0.4) is 0 Å². The topological polar surface area (TPSA) is 53.3 Å². The highest BCUT2D eigenvalue weighted by Crippen LogP contribution is 2.32. The van der Waals surface area contributed by atoms with E-state index in [2.05, 4.69) is 0 Å². The van der Waals surface area contributed by atoms with Gasteiger partial charge in [-0.1, -0.05) is 41.9 Å². The van der Waals surface area contributed by atoms with Crippen LogP contribution in [0, 0.1) is 0 Å². The second-order valence-electron chi connectivity index (χ2n) is 6.51. The minimum absolute atomic E-state index is 0.125. The molecule has 0 bridgehead atoms. The lowest BCUT2D eigenvalue weighted by Crippen LogP contribution is -2.24. The van der Waals surface area contributed by atoms with Crippen LogP contribution >= 0.6 is 11.6 Å². The monoisotopic (exact) mass is 406 g/mol. The fraction of sp³-hybridized carbons (Fsp3) is 0.130. The van der Waals surface area contributed by atoms with E-state index in [9.17, 15) is 4.79 Å². The lowest BCUT2D eigenvalue weighted by Gasteiger charge is -2.16. The molecular formula is C23H19ClN2O3. The van der Waals surface area contributed by atoms with Crippen molar-refractivity contribution in [2.75, 3.05) is 14.2 Å². The van der Waals surface area contributed by atoms with Crippen LogP contribution in [0.2, 0.25) is 5.02 Å². The highest BCUT2D eigenvalue weighted by Gasteiger charge is 2.16. The van der Waals surface area contributed by atoms with Crippen molar-refractivity contribution in [3.05, 3.63) is 87.7 Å². The molecule has 0 N–H and O–H groups in total. The highest BCUT2D eigenvalue weighted by atomic mass is 35.5. The third kappa shape index (κ3) is 3.57. The van der Waals surface area contributed by atoms with Crippen LogP contribution in [-0.4, -0.2) is 23.8 Å². The van der Waals surface area contributed by atoms with Gasteiger partial charge in [-0.2, -0.15) is 0 Å². The normalized spacial score (nSPS) is 10.9. The van der Waals surface area contributed by atoms with Crippen LogP contribution in [0.4, 0.5) is 0 Å². The van der Waals surface area contributed by atoms with Crippen LogP contribution in [-0.2, 0) is 6.54 Å². The van der Waals surface area contributed by atoms with Gasteiger partial charge in [-0.05, 0) is 42.0 Å². The third-order valence-electron chi connectivity index (χ3n) is 4.79. The van der Waals surface area contributed by atoms with Gasteiger partial charge >= 0.3 is 0 Å². The Kier molecular flexibility index (Phi) is 5.23. The Hall–Kier alpha value is -3.31. The fourth-order valence-corrected chi connectivity index (χ4v) is 3.50. The smallest absolute Gasteiger partial charge is 0.261 e. The van der Waals surface area contributed by atoms with E-state index in [1.807, 2.05) is 54.6 Å². The molecule has 3 aromatic carbocycles. The molecule has 0 radical (unpaired) electrons. The summed E-state index contributed by atoms with van der Waals surface area (Å²) in [7, 11) is 3.16. The van der Waals surface area contributed by atoms with E-state index in [0.717, 1.165) is 11.1 Å². The molecule has 0 saturated carbocycles. The Morgan fingerprint density at radius 3 is 2.41 bits per heavy atom. The Morgan fingerprint density at radius 1 is 0.931 bits per heavy atom. The van der Waals surface area contributed by atoms with Gasteiger partial charge in [-0.15, -0.1) is 0 Å². The zero-order valence-electron chi connectivity index (χ0n) is 16.1. The van der Waals surface area contributed by atoms with Crippen molar-refractivity contribution in [1.82, 2.24) is 9.55 Å². The predicted octanol–water partition coefficient (Wildman–Crippen LogP) is 4.78. The summed E-state index contributed by atoms with van der Waals surface area (Å²) in [5, 5.41) is 1.16. The van der Waals surface area contributed by atoms with Gasteiger partial charge in [0.05, 0.1) is 31.7 Å². The number of methoxy groups -OCH3 is 2. The quantitative estimate of drug-likeness (QED) is 0.478. The average molecular weight is 407 g/mol. The van der Waals surface area contributed by atoms with Gasteiger partial charge in [-0.3, -0.25) is 9.36 Å². The number of para-hydroxylation sites is 1. The number of halogens is 1. The second kappa shape index (κ2) is 7.97. The number of nitrogens with zero attached hydrogens (tertiary/aromatic N) is 2. The molecule has 0 aliphatic heterocycles. The van der Waals surface area contributed by atoms with Gasteiger partial charge in [-0.25, -0.2) is 4.98 Å². The molecule has 0 unspecified atom stereocenters. The van der Waals surface area contributed by atoms with Gasteiger partial charge in [0.1, 0.15) is 5.82 Å². The number of aromatic nitrogens is 2. The highest BCUT2D eigenvalue weighted by molar-refractivity contribution is 6.31.